The maximum absolute atomic E-state index is 12.0. The lowest BCUT2D eigenvalue weighted by molar-refractivity contribution is -0.143. The normalized spacial score (nSPS) is 14.8. The molecule has 0 saturated carbocycles. The summed E-state index contributed by atoms with van der Waals surface area (Å²) >= 11 is 0. The van der Waals surface area contributed by atoms with Crippen molar-refractivity contribution in [2.24, 2.45) is 0 Å². The zero-order valence-electron chi connectivity index (χ0n) is 19.7. The minimum atomic E-state index is -0.136. The molecule has 0 amide bonds. The van der Waals surface area contributed by atoms with Crippen molar-refractivity contribution in [1.82, 2.24) is 4.57 Å². The highest BCUT2D eigenvalue weighted by Crippen LogP contribution is 2.39. The highest BCUT2D eigenvalue weighted by molar-refractivity contribution is 5.87. The Bertz CT molecular complexity index is 1220. The number of ether oxygens (including phenoxy) is 3. The molecule has 1 aromatic heterocycles. The van der Waals surface area contributed by atoms with Crippen molar-refractivity contribution in [1.29, 1.82) is 5.26 Å². The van der Waals surface area contributed by atoms with Crippen molar-refractivity contribution in [3.05, 3.63) is 58.8 Å². The molecule has 0 spiro atoms. The van der Waals surface area contributed by atoms with Crippen molar-refractivity contribution in [2.75, 3.05) is 6.61 Å². The van der Waals surface area contributed by atoms with Crippen LogP contribution in [0.3, 0.4) is 0 Å². The second-order valence-electron chi connectivity index (χ2n) is 8.73. The van der Waals surface area contributed by atoms with E-state index in [1.807, 2.05) is 45.0 Å². The molecule has 33 heavy (non-hydrogen) atoms. The Morgan fingerprint density at radius 1 is 1.21 bits per heavy atom. The molecule has 0 bridgehead atoms. The number of carbonyl (C=O) groups excluding carboxylic acids is 1. The van der Waals surface area contributed by atoms with E-state index in [9.17, 15) is 10.1 Å². The minimum absolute atomic E-state index is 0.00880. The van der Waals surface area contributed by atoms with Crippen molar-refractivity contribution in [2.45, 2.75) is 65.7 Å². The topological polar surface area (TPSA) is 73.5 Å². The van der Waals surface area contributed by atoms with Gasteiger partial charge in [0, 0.05) is 34.6 Å². The van der Waals surface area contributed by atoms with Gasteiger partial charge < -0.3 is 18.8 Å². The Balaban J connectivity index is 1.53. The van der Waals surface area contributed by atoms with Gasteiger partial charge in [-0.1, -0.05) is 6.07 Å². The number of carbonyl (C=O) groups is 1. The van der Waals surface area contributed by atoms with Gasteiger partial charge in [-0.2, -0.15) is 5.26 Å². The van der Waals surface area contributed by atoms with Crippen molar-refractivity contribution in [3.8, 4) is 17.6 Å². The molecular formula is C27H30N2O4. The van der Waals surface area contributed by atoms with Gasteiger partial charge in [0.25, 0.3) is 0 Å². The van der Waals surface area contributed by atoms with E-state index in [1.54, 1.807) is 0 Å². The summed E-state index contributed by atoms with van der Waals surface area (Å²) in [6, 6.07) is 14.1. The van der Waals surface area contributed by atoms with Crippen LogP contribution in [0.1, 0.15) is 61.9 Å². The monoisotopic (exact) mass is 446 g/mol. The number of nitriles is 1. The van der Waals surface area contributed by atoms with Crippen LogP contribution in [0.25, 0.3) is 10.9 Å². The standard InChI is InChI=1S/C27H30N2O4/c1-5-31-27(30)13-20-10-11-29-23-7-9-25(18(4)22(23)14-24(20)29)32-16-19-6-8-26(33-17(2)3)21(12-19)15-28/h6-9,12,14,17,20H,5,10-11,13,16H2,1-4H3. The fourth-order valence-corrected chi connectivity index (χ4v) is 4.55. The molecule has 1 aliphatic rings. The summed E-state index contributed by atoms with van der Waals surface area (Å²) in [7, 11) is 0. The first-order valence-corrected chi connectivity index (χ1v) is 11.5. The van der Waals surface area contributed by atoms with Crippen LogP contribution in [0, 0.1) is 18.3 Å². The second kappa shape index (κ2) is 9.58. The predicted molar refractivity (Wildman–Crippen MR) is 127 cm³/mol. The Kier molecular flexibility index (Phi) is 6.60. The number of aromatic nitrogens is 1. The van der Waals surface area contributed by atoms with Crippen LogP contribution in [-0.4, -0.2) is 23.2 Å². The molecule has 6 nitrogen and oxygen atoms in total. The molecule has 0 saturated heterocycles. The van der Waals surface area contributed by atoms with Gasteiger partial charge in [0.1, 0.15) is 24.2 Å². The molecule has 0 aliphatic carbocycles. The van der Waals surface area contributed by atoms with Crippen LogP contribution in [0.15, 0.2) is 36.4 Å². The van der Waals surface area contributed by atoms with E-state index in [2.05, 4.69) is 29.7 Å². The van der Waals surface area contributed by atoms with Crippen molar-refractivity contribution < 1.29 is 19.0 Å². The number of hydrogen-bond acceptors (Lipinski definition) is 5. The van der Waals surface area contributed by atoms with Crippen molar-refractivity contribution in [3.63, 3.8) is 0 Å². The Morgan fingerprint density at radius 2 is 2.00 bits per heavy atom. The van der Waals surface area contributed by atoms with Crippen LogP contribution >= 0.6 is 0 Å². The first kappa shape index (κ1) is 22.7. The van der Waals surface area contributed by atoms with Crippen molar-refractivity contribution >= 4 is 16.9 Å². The Hall–Kier alpha value is -3.46. The number of aryl methyl sites for hydroxylation is 2. The van der Waals surface area contributed by atoms with Crippen LogP contribution in [0.5, 0.6) is 11.5 Å². The van der Waals surface area contributed by atoms with Gasteiger partial charge >= 0.3 is 5.97 Å². The third kappa shape index (κ3) is 4.68. The molecule has 172 valence electrons. The maximum Gasteiger partial charge on any atom is 0.306 e. The molecule has 1 atom stereocenters. The average molecular weight is 447 g/mol. The number of benzene rings is 2. The predicted octanol–water partition coefficient (Wildman–Crippen LogP) is 5.63. The van der Waals surface area contributed by atoms with E-state index in [0.29, 0.717) is 30.9 Å². The average Bonchev–Trinajstić information content (AvgIpc) is 3.34. The smallest absolute Gasteiger partial charge is 0.306 e. The summed E-state index contributed by atoms with van der Waals surface area (Å²) in [4.78, 5) is 12.0. The van der Waals surface area contributed by atoms with Gasteiger partial charge in [0.05, 0.1) is 24.7 Å². The van der Waals surface area contributed by atoms with E-state index in [0.717, 1.165) is 35.2 Å². The SMILES string of the molecule is CCOC(=O)CC1CCn2c1cc1c(C)c(OCc3ccc(OC(C)C)c(C#N)c3)ccc12. The first-order valence-electron chi connectivity index (χ1n) is 11.5. The number of nitrogens with zero attached hydrogens (tertiary/aromatic N) is 2. The highest BCUT2D eigenvalue weighted by Gasteiger charge is 2.28. The molecular weight excluding hydrogens is 416 g/mol. The zero-order chi connectivity index (χ0) is 23.5. The number of esters is 1. The lowest BCUT2D eigenvalue weighted by atomic mass is 9.99. The molecule has 1 unspecified atom stereocenters. The van der Waals surface area contributed by atoms with Gasteiger partial charge in [-0.05, 0) is 70.0 Å². The van der Waals surface area contributed by atoms with Crippen LogP contribution in [-0.2, 0) is 22.7 Å². The summed E-state index contributed by atoms with van der Waals surface area (Å²) in [6.45, 7) is 9.46. The molecule has 0 radical (unpaired) electrons. The van der Waals surface area contributed by atoms with Gasteiger partial charge in [-0.3, -0.25) is 4.79 Å². The number of fused-ring (bicyclic) bond motifs is 3. The Morgan fingerprint density at radius 3 is 2.73 bits per heavy atom. The summed E-state index contributed by atoms with van der Waals surface area (Å²) < 4.78 is 19.3. The van der Waals surface area contributed by atoms with E-state index in [-0.39, 0.29) is 18.0 Å². The highest BCUT2D eigenvalue weighted by atomic mass is 16.5. The summed E-state index contributed by atoms with van der Waals surface area (Å²) in [5, 5.41) is 10.6. The molecule has 6 heteroatoms. The zero-order valence-corrected chi connectivity index (χ0v) is 19.7. The van der Waals surface area contributed by atoms with Gasteiger partial charge in [-0.15, -0.1) is 0 Å². The molecule has 2 aromatic carbocycles. The summed E-state index contributed by atoms with van der Waals surface area (Å²) in [6.07, 6.45) is 1.39. The minimum Gasteiger partial charge on any atom is -0.490 e. The molecule has 0 fully saturated rings. The number of hydrogen-bond donors (Lipinski definition) is 0. The van der Waals surface area contributed by atoms with E-state index < -0.39 is 0 Å². The van der Waals surface area contributed by atoms with E-state index in [1.165, 1.54) is 11.2 Å². The quantitative estimate of drug-likeness (QED) is 0.419. The molecule has 2 heterocycles. The van der Waals surface area contributed by atoms with Gasteiger partial charge in [0.15, 0.2) is 0 Å². The van der Waals surface area contributed by atoms with E-state index in [4.69, 9.17) is 14.2 Å². The van der Waals surface area contributed by atoms with E-state index >= 15 is 0 Å². The summed E-state index contributed by atoms with van der Waals surface area (Å²) in [5.41, 5.74) is 4.86. The largest absolute Gasteiger partial charge is 0.490 e. The first-order chi connectivity index (χ1) is 15.9. The van der Waals surface area contributed by atoms with Crippen LogP contribution in [0.4, 0.5) is 0 Å². The van der Waals surface area contributed by atoms with Gasteiger partial charge in [-0.25, -0.2) is 0 Å². The number of rotatable bonds is 8. The van der Waals surface area contributed by atoms with Gasteiger partial charge in [0.2, 0.25) is 0 Å². The lowest BCUT2D eigenvalue weighted by Crippen LogP contribution is -2.08. The Labute approximate surface area is 194 Å². The summed E-state index contributed by atoms with van der Waals surface area (Å²) in [5.74, 6) is 1.46. The van der Waals surface area contributed by atoms with Crippen LogP contribution < -0.4 is 9.47 Å². The molecule has 4 rings (SSSR count). The molecule has 1 aliphatic heterocycles. The third-order valence-corrected chi connectivity index (χ3v) is 6.10. The maximum atomic E-state index is 12.0. The third-order valence-electron chi connectivity index (χ3n) is 6.10. The molecule has 0 N–H and O–H groups in total. The molecule has 3 aromatic rings. The van der Waals surface area contributed by atoms with Crippen LogP contribution in [0.2, 0.25) is 0 Å². The fraction of sp³-hybridized carbons (Fsp3) is 0.407. The fourth-order valence-electron chi connectivity index (χ4n) is 4.55. The second-order valence-corrected chi connectivity index (χ2v) is 8.73. The lowest BCUT2D eigenvalue weighted by Gasteiger charge is -2.14.